The van der Waals surface area contributed by atoms with Gasteiger partial charge in [0.15, 0.2) is 5.75 Å². The Bertz CT molecular complexity index is 678. The van der Waals surface area contributed by atoms with Crippen LogP contribution >= 0.6 is 0 Å². The van der Waals surface area contributed by atoms with Crippen molar-refractivity contribution in [1.29, 1.82) is 0 Å². The number of hydrogen-bond donors (Lipinski definition) is 2. The Hall–Kier alpha value is -2.15. The largest absolute Gasteiger partial charge is 0.573 e. The third kappa shape index (κ3) is 3.41. The number of aromatic amines is 1. The molecule has 9 nitrogen and oxygen atoms in total. The molecule has 0 saturated carbocycles. The zero-order valence-corrected chi connectivity index (χ0v) is 9.41. The van der Waals surface area contributed by atoms with Gasteiger partial charge in [-0.25, -0.2) is 13.6 Å². The third-order valence-electron chi connectivity index (χ3n) is 1.68. The molecule has 0 aliphatic heterocycles. The van der Waals surface area contributed by atoms with Crippen molar-refractivity contribution in [2.75, 3.05) is 0 Å². The van der Waals surface area contributed by atoms with E-state index < -0.39 is 43.2 Å². The number of H-pyrrole nitrogens is 1. The number of primary sulfonamides is 1. The molecular weight excluding hydrogens is 299 g/mol. The number of sulfonamides is 1. The first kappa shape index (κ1) is 14.9. The summed E-state index contributed by atoms with van der Waals surface area (Å²) in [6.45, 7) is 0. The molecule has 0 atom stereocenters. The smallest absolute Gasteiger partial charge is 0.402 e. The molecule has 1 heterocycles. The van der Waals surface area contributed by atoms with Crippen molar-refractivity contribution in [3.05, 3.63) is 26.7 Å². The van der Waals surface area contributed by atoms with Crippen LogP contribution in [0.5, 0.6) is 5.75 Å². The topological polar surface area (TPSA) is 145 Å². The fourth-order valence-corrected chi connectivity index (χ4v) is 1.94. The average molecular weight is 303 g/mol. The van der Waals surface area contributed by atoms with Crippen LogP contribution in [0.1, 0.15) is 0 Å². The van der Waals surface area contributed by atoms with Gasteiger partial charge in [-0.1, -0.05) is 0 Å². The molecule has 0 saturated heterocycles. The lowest BCUT2D eigenvalue weighted by atomic mass is 10.4. The molecule has 0 aromatic carbocycles. The second-order valence-electron chi connectivity index (χ2n) is 3.01. The van der Waals surface area contributed by atoms with Crippen LogP contribution in [0.15, 0.2) is 15.9 Å². The fraction of sp³-hybridized carbons (Fsp3) is 0.167. The van der Waals surface area contributed by atoms with E-state index >= 15 is 0 Å². The molecular formula is C6H4F3N3O6S. The predicted octanol–water partition coefficient (Wildman–Crippen LogP) is -0.171. The molecule has 0 bridgehead atoms. The van der Waals surface area contributed by atoms with Crippen molar-refractivity contribution >= 4 is 15.7 Å². The van der Waals surface area contributed by atoms with E-state index in [1.54, 1.807) is 4.98 Å². The summed E-state index contributed by atoms with van der Waals surface area (Å²) >= 11 is 0. The lowest BCUT2D eigenvalue weighted by Crippen LogP contribution is -2.25. The van der Waals surface area contributed by atoms with Crippen molar-refractivity contribution in [2.24, 2.45) is 5.14 Å². The van der Waals surface area contributed by atoms with Gasteiger partial charge in [0.25, 0.3) is 0 Å². The van der Waals surface area contributed by atoms with Crippen LogP contribution in [-0.4, -0.2) is 24.7 Å². The summed E-state index contributed by atoms with van der Waals surface area (Å²) < 4.78 is 61.5. The number of rotatable bonds is 3. The molecule has 106 valence electrons. The minimum atomic E-state index is -5.33. The maximum absolute atomic E-state index is 12.0. The first-order valence-electron chi connectivity index (χ1n) is 4.12. The molecule has 3 N–H and O–H groups in total. The van der Waals surface area contributed by atoms with Gasteiger partial charge < -0.3 is 9.72 Å². The van der Waals surface area contributed by atoms with E-state index in [1.165, 1.54) is 0 Å². The molecule has 19 heavy (non-hydrogen) atoms. The summed E-state index contributed by atoms with van der Waals surface area (Å²) in [5.41, 5.74) is -3.20. The van der Waals surface area contributed by atoms with Crippen molar-refractivity contribution in [1.82, 2.24) is 4.98 Å². The standard InChI is InChI=1S/C6H4F3N3O6S/c7-6(8,9)18-2-1-11-5(13)3(12(14)15)4(2)19(10,16)17/h1H,(H,11,13)(H2,10,16,17). The third-order valence-corrected chi connectivity index (χ3v) is 2.64. The highest BCUT2D eigenvalue weighted by atomic mass is 32.2. The van der Waals surface area contributed by atoms with Crippen molar-refractivity contribution in [2.45, 2.75) is 11.3 Å². The van der Waals surface area contributed by atoms with Crippen LogP contribution in [0.4, 0.5) is 18.9 Å². The van der Waals surface area contributed by atoms with Crippen LogP contribution in [-0.2, 0) is 10.0 Å². The highest BCUT2D eigenvalue weighted by molar-refractivity contribution is 7.89. The number of pyridine rings is 1. The Morgan fingerprint density at radius 1 is 1.42 bits per heavy atom. The summed E-state index contributed by atoms with van der Waals surface area (Å²) in [5.74, 6) is -1.50. The van der Waals surface area contributed by atoms with E-state index in [1.807, 2.05) is 0 Å². The number of nitrogens with two attached hydrogens (primary N) is 1. The zero-order valence-electron chi connectivity index (χ0n) is 8.59. The van der Waals surface area contributed by atoms with E-state index in [4.69, 9.17) is 0 Å². The Kier molecular flexibility index (Phi) is 3.54. The minimum Gasteiger partial charge on any atom is -0.402 e. The molecule has 0 unspecified atom stereocenters. The van der Waals surface area contributed by atoms with E-state index in [-0.39, 0.29) is 6.20 Å². The lowest BCUT2D eigenvalue weighted by molar-refractivity contribution is -0.389. The van der Waals surface area contributed by atoms with E-state index in [9.17, 15) is 36.5 Å². The molecule has 13 heteroatoms. The van der Waals surface area contributed by atoms with Crippen LogP contribution in [0.3, 0.4) is 0 Å². The summed E-state index contributed by atoms with van der Waals surface area (Å²) in [6.07, 6.45) is -5.12. The fourth-order valence-electron chi connectivity index (χ4n) is 1.13. The van der Waals surface area contributed by atoms with Gasteiger partial charge in [-0.2, -0.15) is 0 Å². The summed E-state index contributed by atoms with van der Waals surface area (Å²) in [5, 5.41) is 15.1. The molecule has 0 fully saturated rings. The summed E-state index contributed by atoms with van der Waals surface area (Å²) in [4.78, 5) is 20.0. The van der Waals surface area contributed by atoms with Crippen molar-refractivity contribution in [3.63, 3.8) is 0 Å². The highest BCUT2D eigenvalue weighted by Crippen LogP contribution is 2.32. The molecule has 0 radical (unpaired) electrons. The van der Waals surface area contributed by atoms with Crippen molar-refractivity contribution < 1.29 is 31.2 Å². The van der Waals surface area contributed by atoms with Gasteiger partial charge in [0.2, 0.25) is 14.9 Å². The number of aromatic nitrogens is 1. The average Bonchev–Trinajstić information content (AvgIpc) is 2.15. The van der Waals surface area contributed by atoms with Gasteiger partial charge >= 0.3 is 17.6 Å². The Balaban J connectivity index is 3.73. The molecule has 0 aliphatic rings. The number of nitrogens with one attached hydrogen (secondary N) is 1. The van der Waals surface area contributed by atoms with Crippen LogP contribution in [0.2, 0.25) is 0 Å². The van der Waals surface area contributed by atoms with Crippen LogP contribution in [0.25, 0.3) is 0 Å². The first-order valence-corrected chi connectivity index (χ1v) is 5.66. The number of nitro groups is 1. The number of halogens is 3. The Morgan fingerprint density at radius 2 is 1.95 bits per heavy atom. The molecule has 0 aliphatic carbocycles. The van der Waals surface area contributed by atoms with Gasteiger partial charge in [-0.3, -0.25) is 14.9 Å². The molecule has 1 rings (SSSR count). The van der Waals surface area contributed by atoms with Gasteiger partial charge in [0.05, 0.1) is 4.92 Å². The Labute approximate surface area is 102 Å². The van der Waals surface area contributed by atoms with E-state index in [0.717, 1.165) is 0 Å². The zero-order chi connectivity index (χ0) is 15.0. The van der Waals surface area contributed by atoms with Crippen LogP contribution < -0.4 is 15.4 Å². The number of ether oxygens (including phenoxy) is 1. The molecule has 0 amide bonds. The highest BCUT2D eigenvalue weighted by Gasteiger charge is 2.38. The number of hydrogen-bond acceptors (Lipinski definition) is 6. The lowest BCUT2D eigenvalue weighted by Gasteiger charge is -2.11. The summed E-state index contributed by atoms with van der Waals surface area (Å²) in [6, 6.07) is 0. The van der Waals surface area contributed by atoms with Gasteiger partial charge in [0, 0.05) is 6.20 Å². The SMILES string of the molecule is NS(=O)(=O)c1c(OC(F)(F)F)c[nH]c(=O)c1[N+](=O)[O-]. The van der Waals surface area contributed by atoms with E-state index in [2.05, 4.69) is 9.88 Å². The van der Waals surface area contributed by atoms with Gasteiger partial charge in [-0.15, -0.1) is 13.2 Å². The van der Waals surface area contributed by atoms with Gasteiger partial charge in [-0.05, 0) is 0 Å². The minimum absolute atomic E-state index is 0.211. The maximum atomic E-state index is 12.0. The monoisotopic (exact) mass is 303 g/mol. The number of nitrogens with zero attached hydrogens (tertiary/aromatic N) is 1. The van der Waals surface area contributed by atoms with E-state index in [0.29, 0.717) is 0 Å². The summed E-state index contributed by atoms with van der Waals surface area (Å²) in [7, 11) is -4.99. The predicted molar refractivity (Wildman–Crippen MR) is 51.8 cm³/mol. The van der Waals surface area contributed by atoms with Gasteiger partial charge in [0.1, 0.15) is 0 Å². The number of alkyl halides is 3. The molecule has 0 spiro atoms. The second-order valence-corrected chi connectivity index (χ2v) is 4.51. The Morgan fingerprint density at radius 3 is 2.32 bits per heavy atom. The molecule has 1 aromatic rings. The van der Waals surface area contributed by atoms with Crippen LogP contribution in [0, 0.1) is 10.1 Å². The van der Waals surface area contributed by atoms with Crippen molar-refractivity contribution in [3.8, 4) is 5.75 Å². The maximum Gasteiger partial charge on any atom is 0.573 e. The molecule has 1 aromatic heterocycles. The second kappa shape index (κ2) is 4.51. The normalized spacial score (nSPS) is 12.2. The first-order chi connectivity index (χ1) is 8.43. The quantitative estimate of drug-likeness (QED) is 0.585.